The molecule has 1 heterocycles. The van der Waals surface area contributed by atoms with Gasteiger partial charge in [0.05, 0.1) is 12.8 Å². The molecule has 38 heavy (non-hydrogen) atoms. The molecule has 10 heteroatoms. The van der Waals surface area contributed by atoms with Crippen molar-refractivity contribution in [3.8, 4) is 0 Å². The van der Waals surface area contributed by atoms with Crippen LogP contribution in [0.15, 0.2) is 30.3 Å². The highest BCUT2D eigenvalue weighted by atomic mass is 16.5. The molecule has 5 N–H and O–H groups in total. The van der Waals surface area contributed by atoms with Crippen LogP contribution in [0.2, 0.25) is 0 Å². The van der Waals surface area contributed by atoms with Crippen LogP contribution in [0.25, 0.3) is 0 Å². The van der Waals surface area contributed by atoms with E-state index in [1.807, 2.05) is 44.2 Å². The first kappa shape index (κ1) is 30.8. The molecule has 4 amide bonds. The Labute approximate surface area is 224 Å². The number of esters is 1. The number of unbranched alkanes of at least 4 members (excludes halogenated alkanes) is 1. The molecule has 0 aliphatic carbocycles. The van der Waals surface area contributed by atoms with Crippen LogP contribution in [-0.2, 0) is 35.1 Å². The summed E-state index contributed by atoms with van der Waals surface area (Å²) >= 11 is 0. The molecule has 6 unspecified atom stereocenters. The van der Waals surface area contributed by atoms with Gasteiger partial charge in [-0.15, -0.1) is 0 Å². The van der Waals surface area contributed by atoms with E-state index in [0.717, 1.165) is 24.8 Å². The summed E-state index contributed by atoms with van der Waals surface area (Å²) in [5.41, 5.74) is 6.16. The number of hydrogen-bond acceptors (Lipinski definition) is 6. The molecule has 0 aromatic heterocycles. The van der Waals surface area contributed by atoms with Crippen molar-refractivity contribution in [2.75, 3.05) is 0 Å². The summed E-state index contributed by atoms with van der Waals surface area (Å²) in [6, 6.07) is 5.74. The molecule has 0 bridgehead atoms. The maximum Gasteiger partial charge on any atom is 0.329 e. The van der Waals surface area contributed by atoms with Gasteiger partial charge < -0.3 is 26.4 Å². The number of cyclic esters (lactones) is 1. The summed E-state index contributed by atoms with van der Waals surface area (Å²) in [7, 11) is 0. The fourth-order valence-electron chi connectivity index (χ4n) is 4.39. The van der Waals surface area contributed by atoms with Crippen LogP contribution >= 0.6 is 0 Å². The van der Waals surface area contributed by atoms with Crippen molar-refractivity contribution in [2.45, 2.75) is 96.9 Å². The van der Waals surface area contributed by atoms with Crippen LogP contribution in [0.3, 0.4) is 0 Å². The molecule has 1 aromatic rings. The zero-order valence-electron chi connectivity index (χ0n) is 22.8. The van der Waals surface area contributed by atoms with Crippen molar-refractivity contribution in [1.82, 2.24) is 16.0 Å². The number of primary amides is 1. The normalized spacial score (nSPS) is 24.8. The number of ether oxygens (including phenoxy) is 1. The Balaban J connectivity index is 2.47. The number of carbonyl (C=O) groups excluding carboxylic acids is 5. The van der Waals surface area contributed by atoms with Crippen LogP contribution in [0.1, 0.15) is 71.8 Å². The van der Waals surface area contributed by atoms with Gasteiger partial charge >= 0.3 is 5.97 Å². The van der Waals surface area contributed by atoms with E-state index in [9.17, 15) is 24.0 Å². The van der Waals surface area contributed by atoms with Crippen molar-refractivity contribution in [3.63, 3.8) is 0 Å². The number of rotatable bonds is 10. The molecule has 1 aliphatic rings. The lowest BCUT2D eigenvalue weighted by Crippen LogP contribution is -2.57. The molecular weight excluding hydrogens is 488 g/mol. The summed E-state index contributed by atoms with van der Waals surface area (Å²) in [5, 5.41) is 7.98. The van der Waals surface area contributed by atoms with E-state index in [4.69, 9.17) is 10.5 Å². The van der Waals surface area contributed by atoms with Crippen LogP contribution in [0, 0.1) is 11.8 Å². The van der Waals surface area contributed by atoms with Gasteiger partial charge in [-0.3, -0.25) is 19.2 Å². The zero-order valence-corrected chi connectivity index (χ0v) is 22.8. The third-order valence-electron chi connectivity index (χ3n) is 7.04. The predicted molar refractivity (Wildman–Crippen MR) is 142 cm³/mol. The molecule has 210 valence electrons. The minimum Gasteiger partial charge on any atom is -0.460 e. The van der Waals surface area contributed by atoms with Crippen LogP contribution in [0.4, 0.5) is 0 Å². The van der Waals surface area contributed by atoms with Gasteiger partial charge in [-0.25, -0.2) is 4.79 Å². The number of hydrogen-bond donors (Lipinski definition) is 4. The molecule has 1 aromatic carbocycles. The molecule has 2 rings (SSSR count). The topological polar surface area (TPSA) is 157 Å². The van der Waals surface area contributed by atoms with E-state index in [-0.39, 0.29) is 24.7 Å². The Morgan fingerprint density at radius 3 is 2.24 bits per heavy atom. The lowest BCUT2D eigenvalue weighted by molar-refractivity contribution is -0.158. The highest BCUT2D eigenvalue weighted by Gasteiger charge is 2.36. The molecular formula is C28H42N4O6. The predicted octanol–water partition coefficient (Wildman–Crippen LogP) is 1.75. The van der Waals surface area contributed by atoms with Crippen molar-refractivity contribution < 1.29 is 28.7 Å². The number of amides is 4. The third kappa shape index (κ3) is 9.46. The molecule has 1 saturated heterocycles. The summed E-state index contributed by atoms with van der Waals surface area (Å²) < 4.78 is 5.86. The third-order valence-corrected chi connectivity index (χ3v) is 7.04. The average Bonchev–Trinajstić information content (AvgIpc) is 2.88. The first-order valence-electron chi connectivity index (χ1n) is 13.5. The first-order chi connectivity index (χ1) is 18.0. The second-order valence-corrected chi connectivity index (χ2v) is 10.2. The summed E-state index contributed by atoms with van der Waals surface area (Å²) in [6.45, 7) is 7.65. The highest BCUT2D eigenvalue weighted by Crippen LogP contribution is 2.21. The van der Waals surface area contributed by atoms with Gasteiger partial charge in [0.15, 0.2) is 0 Å². The smallest absolute Gasteiger partial charge is 0.329 e. The SMILES string of the molecule is CCCCC(C)C1CC(=O)NC(Cc2ccccc2)C(=O)NC(CC(N)=O)C(=O)NC(C(C)CC)C(=O)O1. The zero-order chi connectivity index (χ0) is 28.2. The number of benzene rings is 1. The van der Waals surface area contributed by atoms with E-state index in [2.05, 4.69) is 22.9 Å². The summed E-state index contributed by atoms with van der Waals surface area (Å²) in [6.07, 6.45) is 1.98. The molecule has 1 fully saturated rings. The van der Waals surface area contributed by atoms with Crippen molar-refractivity contribution >= 4 is 29.6 Å². The van der Waals surface area contributed by atoms with Crippen LogP contribution < -0.4 is 21.7 Å². The van der Waals surface area contributed by atoms with E-state index in [1.54, 1.807) is 6.92 Å². The fraction of sp³-hybridized carbons (Fsp3) is 0.607. The molecule has 1 aliphatic heterocycles. The monoisotopic (exact) mass is 530 g/mol. The van der Waals surface area contributed by atoms with Gasteiger partial charge in [-0.05, 0) is 23.8 Å². The van der Waals surface area contributed by atoms with Crippen LogP contribution in [0.5, 0.6) is 0 Å². The Hall–Kier alpha value is -3.43. The minimum absolute atomic E-state index is 0.118. The molecule has 0 spiro atoms. The van der Waals surface area contributed by atoms with Gasteiger partial charge in [0.25, 0.3) is 0 Å². The second-order valence-electron chi connectivity index (χ2n) is 10.2. The maximum absolute atomic E-state index is 13.3. The van der Waals surface area contributed by atoms with Crippen molar-refractivity contribution in [3.05, 3.63) is 35.9 Å². The molecule has 0 radical (unpaired) electrons. The number of nitrogens with two attached hydrogens (primary N) is 1. The van der Waals surface area contributed by atoms with Gasteiger partial charge in [-0.2, -0.15) is 0 Å². The minimum atomic E-state index is -1.32. The van der Waals surface area contributed by atoms with Gasteiger partial charge in [0, 0.05) is 6.42 Å². The van der Waals surface area contributed by atoms with Crippen molar-refractivity contribution in [1.29, 1.82) is 0 Å². The molecule has 10 nitrogen and oxygen atoms in total. The highest BCUT2D eigenvalue weighted by molar-refractivity contribution is 5.96. The maximum atomic E-state index is 13.3. The van der Waals surface area contributed by atoms with E-state index < -0.39 is 60.2 Å². The summed E-state index contributed by atoms with van der Waals surface area (Å²) in [4.78, 5) is 64.8. The largest absolute Gasteiger partial charge is 0.460 e. The van der Waals surface area contributed by atoms with Crippen molar-refractivity contribution in [2.24, 2.45) is 17.6 Å². The number of nitrogens with one attached hydrogen (secondary N) is 3. The van der Waals surface area contributed by atoms with Gasteiger partial charge in [-0.1, -0.05) is 77.3 Å². The van der Waals surface area contributed by atoms with E-state index in [0.29, 0.717) is 6.42 Å². The van der Waals surface area contributed by atoms with Gasteiger partial charge in [0.1, 0.15) is 24.2 Å². The quantitative estimate of drug-likeness (QED) is 0.338. The average molecular weight is 531 g/mol. The Morgan fingerprint density at radius 2 is 1.63 bits per heavy atom. The Kier molecular flexibility index (Phi) is 12.2. The molecule has 6 atom stereocenters. The van der Waals surface area contributed by atoms with E-state index >= 15 is 0 Å². The first-order valence-corrected chi connectivity index (χ1v) is 13.5. The lowest BCUT2D eigenvalue weighted by Gasteiger charge is -2.29. The summed E-state index contributed by atoms with van der Waals surface area (Å²) in [5.74, 6) is -3.68. The number of carbonyl (C=O) groups is 5. The van der Waals surface area contributed by atoms with Crippen LogP contribution in [-0.4, -0.2) is 53.8 Å². The Morgan fingerprint density at radius 1 is 0.974 bits per heavy atom. The van der Waals surface area contributed by atoms with Gasteiger partial charge in [0.2, 0.25) is 23.6 Å². The standard InChI is InChI=1S/C28H42N4O6/c1-5-7-11-18(4)22-16-24(34)30-20(14-19-12-9-8-10-13-19)26(35)31-21(15-23(29)33)27(36)32-25(17(3)6-2)28(37)38-22/h8-10,12-13,17-18,20-22,25H,5-7,11,14-16H2,1-4H3,(H2,29,33)(H,30,34)(H,31,35)(H,32,36). The Bertz CT molecular complexity index is 969. The fourth-order valence-corrected chi connectivity index (χ4v) is 4.39. The second kappa shape index (κ2) is 15.1. The lowest BCUT2D eigenvalue weighted by atomic mass is 9.94. The van der Waals surface area contributed by atoms with E-state index in [1.165, 1.54) is 0 Å². The molecule has 0 saturated carbocycles.